The molecule has 0 bridgehead atoms. The molecule has 60 heavy (non-hydrogen) atoms. The Balaban J connectivity index is 0.000000203. The van der Waals surface area contributed by atoms with E-state index in [4.69, 9.17) is 5.73 Å². The molecule has 1 aromatic carbocycles. The van der Waals surface area contributed by atoms with Crippen molar-refractivity contribution in [1.29, 1.82) is 0 Å². The second kappa shape index (κ2) is 14.8. The van der Waals surface area contributed by atoms with Crippen LogP contribution >= 0.6 is 12.4 Å². The van der Waals surface area contributed by atoms with Crippen molar-refractivity contribution in [2.24, 2.45) is 46.2 Å². The summed E-state index contributed by atoms with van der Waals surface area (Å²) in [6.07, 6.45) is 3.86. The molecule has 328 valence electrons. The van der Waals surface area contributed by atoms with Gasteiger partial charge >= 0.3 is 0 Å². The van der Waals surface area contributed by atoms with E-state index in [0.717, 1.165) is 25.7 Å². The van der Waals surface area contributed by atoms with Crippen molar-refractivity contribution in [2.45, 2.75) is 101 Å². The van der Waals surface area contributed by atoms with Gasteiger partial charge in [-0.3, -0.25) is 28.9 Å². The minimum absolute atomic E-state index is 0. The van der Waals surface area contributed by atoms with Gasteiger partial charge in [-0.05, 0) is 100 Å². The Kier molecular flexibility index (Phi) is 11.3. The number of phenols is 1. The summed E-state index contributed by atoms with van der Waals surface area (Å²) >= 11 is 0. The first kappa shape index (κ1) is 45.5. The topological polar surface area (TPSA) is 297 Å². The van der Waals surface area contributed by atoms with Gasteiger partial charge in [0, 0.05) is 11.8 Å². The first-order valence-electron chi connectivity index (χ1n) is 20.0. The fourth-order valence-electron chi connectivity index (χ4n) is 12.9. The number of hydrogen-bond acceptors (Lipinski definition) is 15. The summed E-state index contributed by atoms with van der Waals surface area (Å²) in [5.74, 6) is -9.53. The average Bonchev–Trinajstić information content (AvgIpc) is 3.43. The van der Waals surface area contributed by atoms with Gasteiger partial charge in [0.05, 0.1) is 46.8 Å². The molecule has 11 N–H and O–H groups in total. The molecule has 4 fully saturated rings. The number of aliphatic hydroxyl groups is 8. The van der Waals surface area contributed by atoms with Gasteiger partial charge in [0.1, 0.15) is 35.0 Å². The molecular formula is C43H55ClN2O14. The van der Waals surface area contributed by atoms with Crippen molar-refractivity contribution in [3.63, 3.8) is 0 Å². The molecule has 16 nitrogen and oxygen atoms in total. The monoisotopic (exact) mass is 858 g/mol. The fourth-order valence-corrected chi connectivity index (χ4v) is 12.9. The minimum atomic E-state index is -3.02. The molecule has 17 heteroatoms. The van der Waals surface area contributed by atoms with Gasteiger partial charge in [-0.15, -0.1) is 12.4 Å². The summed E-state index contributed by atoms with van der Waals surface area (Å²) in [6.45, 7) is 4.71. The number of benzene rings is 1. The molecule has 0 saturated heterocycles. The van der Waals surface area contributed by atoms with Gasteiger partial charge in [0.2, 0.25) is 5.78 Å². The lowest BCUT2D eigenvalue weighted by molar-refractivity contribution is -0.182. The van der Waals surface area contributed by atoms with E-state index in [1.165, 1.54) is 49.7 Å². The number of primary amides is 1. The zero-order valence-corrected chi connectivity index (χ0v) is 34.9. The maximum atomic E-state index is 13.7. The van der Waals surface area contributed by atoms with Crippen molar-refractivity contribution in [3.8, 4) is 5.75 Å². The van der Waals surface area contributed by atoms with E-state index in [0.29, 0.717) is 19.3 Å². The number of aliphatic hydroxyl groups excluding tert-OH is 5. The summed E-state index contributed by atoms with van der Waals surface area (Å²) in [6, 6.07) is 2.50. The van der Waals surface area contributed by atoms with Gasteiger partial charge in [-0.1, -0.05) is 31.6 Å². The number of phenolic OH excluding ortho intramolecular Hbond substituents is 1. The van der Waals surface area contributed by atoms with Gasteiger partial charge in [-0.25, -0.2) is 0 Å². The lowest BCUT2D eigenvalue weighted by Crippen LogP contribution is -2.71. The van der Waals surface area contributed by atoms with E-state index in [2.05, 4.69) is 6.92 Å². The van der Waals surface area contributed by atoms with E-state index in [9.17, 15) is 69.9 Å². The van der Waals surface area contributed by atoms with Crippen LogP contribution in [0.15, 0.2) is 46.8 Å². The average molecular weight is 859 g/mol. The van der Waals surface area contributed by atoms with E-state index < -0.39 is 111 Å². The van der Waals surface area contributed by atoms with Crippen LogP contribution in [-0.4, -0.2) is 130 Å². The second-order valence-corrected chi connectivity index (χ2v) is 18.6. The highest BCUT2D eigenvalue weighted by molar-refractivity contribution is 6.24. The molecular weight excluding hydrogens is 804 g/mol. The normalized spacial score (nSPS) is 41.7. The molecule has 0 radical (unpaired) electrons. The van der Waals surface area contributed by atoms with E-state index >= 15 is 0 Å². The Labute approximate surface area is 352 Å². The lowest BCUT2D eigenvalue weighted by atomic mass is 9.45. The molecule has 8 rings (SSSR count). The SMILES string of the molecule is CN(C)[C@@H]1C(=O)C(C(N)=O)=C(O)[C@@]2(O)C(=O)C3=C(O)c4c(O)cccc4[C@@](C)(O)[C@H]3[C@H](O)[C@@H]12.C[C@]12CCC(=O)C=C1CC[C@@H]1[C@@H]2[C@@H](O)C[C@@]2(C)[C@H]1CC[C@]2(O)C(=O)CO.Cl. The summed E-state index contributed by atoms with van der Waals surface area (Å²) in [5.41, 5.74) is -3.01. The predicted molar refractivity (Wildman–Crippen MR) is 214 cm³/mol. The molecule has 1 amide bonds. The largest absolute Gasteiger partial charge is 0.508 e. The molecule has 0 aromatic heterocycles. The highest BCUT2D eigenvalue weighted by Gasteiger charge is 2.71. The summed E-state index contributed by atoms with van der Waals surface area (Å²) in [5, 5.41) is 98.1. The van der Waals surface area contributed by atoms with Crippen LogP contribution in [0.1, 0.15) is 76.8 Å². The third-order valence-corrected chi connectivity index (χ3v) is 15.7. The first-order valence-corrected chi connectivity index (χ1v) is 20.0. The van der Waals surface area contributed by atoms with Crippen molar-refractivity contribution in [3.05, 3.63) is 57.9 Å². The Hall–Kier alpha value is -4.00. The smallest absolute Gasteiger partial charge is 0.255 e. The number of amides is 1. The van der Waals surface area contributed by atoms with Gasteiger partial charge in [0.25, 0.3) is 5.91 Å². The quantitative estimate of drug-likeness (QED) is 0.188. The molecule has 7 aliphatic rings. The van der Waals surface area contributed by atoms with Crippen molar-refractivity contribution in [1.82, 2.24) is 4.90 Å². The van der Waals surface area contributed by atoms with Crippen LogP contribution in [-0.2, 0) is 29.6 Å². The zero-order chi connectivity index (χ0) is 43.7. The Morgan fingerprint density at radius 3 is 2.18 bits per heavy atom. The predicted octanol–water partition coefficient (Wildman–Crippen LogP) is 0.803. The van der Waals surface area contributed by atoms with Crippen LogP contribution in [0.3, 0.4) is 0 Å². The van der Waals surface area contributed by atoms with Gasteiger partial charge < -0.3 is 51.7 Å². The lowest BCUT2D eigenvalue weighted by Gasteiger charge is -2.60. The van der Waals surface area contributed by atoms with Crippen LogP contribution in [0, 0.1) is 40.4 Å². The van der Waals surface area contributed by atoms with Crippen molar-refractivity contribution >= 4 is 47.2 Å². The van der Waals surface area contributed by atoms with Crippen LogP contribution in [0.2, 0.25) is 0 Å². The molecule has 13 atom stereocenters. The molecule has 0 unspecified atom stereocenters. The van der Waals surface area contributed by atoms with E-state index in [-0.39, 0.29) is 52.5 Å². The van der Waals surface area contributed by atoms with Gasteiger partial charge in [-0.2, -0.15) is 0 Å². The summed E-state index contributed by atoms with van der Waals surface area (Å²) < 4.78 is 0. The first-order chi connectivity index (χ1) is 27.4. The molecule has 0 spiro atoms. The third kappa shape index (κ3) is 5.85. The maximum Gasteiger partial charge on any atom is 0.255 e. The number of hydrogen-bond donors (Lipinski definition) is 10. The number of allylic oxidation sites excluding steroid dienone is 1. The zero-order valence-electron chi connectivity index (χ0n) is 34.1. The molecule has 4 saturated carbocycles. The third-order valence-electron chi connectivity index (χ3n) is 15.7. The number of ketones is 4. The van der Waals surface area contributed by atoms with Crippen LogP contribution < -0.4 is 5.73 Å². The Bertz CT molecular complexity index is 2160. The number of rotatable bonds is 4. The maximum absolute atomic E-state index is 13.7. The molecule has 1 aromatic rings. The molecule has 0 heterocycles. The second-order valence-electron chi connectivity index (χ2n) is 18.6. The standard InChI is InChI=1S/C22H24N2O9.C21H30O5.ClH/c1-21(32)7-5-4-6-8(25)9(7)15(26)10-12(21)17(28)13-14(24(2)3)16(27)11(20(23)31)19(30)22(13,33)18(10)29;1-19-7-5-13(23)9-12(19)3-4-14-15-6-8-21(26,17(25)11-22)20(15,2)10-16(24)18(14)19;/h4-6,12-14,17,25-26,28,30,32-33H,1-3H3,(H2,23,31);9,14-16,18,22,24,26H,3-8,10-11H2,1-2H3;1H/t12-,13-,14+,17+,21-,22+;14-,15-,16-,18+,19-,20-,21-;/m10./s1. The number of nitrogens with two attached hydrogens (primary N) is 1. The van der Waals surface area contributed by atoms with E-state index in [1.807, 2.05) is 6.92 Å². The molecule has 0 aliphatic heterocycles. The highest BCUT2D eigenvalue weighted by atomic mass is 35.5. The number of fused-ring (bicyclic) bond motifs is 8. The summed E-state index contributed by atoms with van der Waals surface area (Å²) in [7, 11) is 2.80. The minimum Gasteiger partial charge on any atom is -0.508 e. The van der Waals surface area contributed by atoms with Crippen LogP contribution in [0.5, 0.6) is 5.75 Å². The number of Topliss-reactive ketones (excluding diaryl/α,β-unsaturated/α-hetero) is 3. The van der Waals surface area contributed by atoms with Crippen molar-refractivity contribution < 1.29 is 69.9 Å². The number of aromatic hydroxyl groups is 1. The van der Waals surface area contributed by atoms with Crippen LogP contribution in [0.25, 0.3) is 5.76 Å². The number of carbonyl (C=O) groups excluding carboxylic acids is 5. The Morgan fingerprint density at radius 1 is 0.933 bits per heavy atom. The number of carbonyl (C=O) groups is 5. The number of likely N-dealkylation sites (N-methyl/N-ethyl adjacent to an activating group) is 1. The van der Waals surface area contributed by atoms with Gasteiger partial charge in [0.15, 0.2) is 23.0 Å². The summed E-state index contributed by atoms with van der Waals surface area (Å²) in [4.78, 5) is 64.2. The number of nitrogens with zero attached hydrogens (tertiary/aromatic N) is 1. The Morgan fingerprint density at radius 2 is 1.58 bits per heavy atom. The van der Waals surface area contributed by atoms with Crippen LogP contribution in [0.4, 0.5) is 0 Å². The van der Waals surface area contributed by atoms with Crippen molar-refractivity contribution in [2.75, 3.05) is 20.7 Å². The number of halogens is 1. The fraction of sp³-hybridized carbons (Fsp3) is 0.605. The molecule has 7 aliphatic carbocycles. The highest BCUT2D eigenvalue weighted by Crippen LogP contribution is 2.67. The van der Waals surface area contributed by atoms with E-state index in [1.54, 1.807) is 6.08 Å².